The van der Waals surface area contributed by atoms with Gasteiger partial charge in [-0.25, -0.2) is 9.59 Å². The van der Waals surface area contributed by atoms with Gasteiger partial charge >= 0.3 is 17.9 Å². The fourth-order valence-corrected chi connectivity index (χ4v) is 8.56. The molecule has 4 saturated heterocycles. The fourth-order valence-electron chi connectivity index (χ4n) is 8.56. The molecule has 1 aromatic heterocycles. The predicted molar refractivity (Wildman–Crippen MR) is 110 cm³/mol. The van der Waals surface area contributed by atoms with Gasteiger partial charge in [-0.05, 0) is 30.9 Å². The van der Waals surface area contributed by atoms with Gasteiger partial charge in [0.05, 0.1) is 29.0 Å². The highest BCUT2D eigenvalue weighted by atomic mass is 16.8. The Hall–Kier alpha value is -2.60. The molecular weight excluding hydrogens is 462 g/mol. The highest BCUT2D eigenvalue weighted by Gasteiger charge is 3.04. The van der Waals surface area contributed by atoms with Gasteiger partial charge in [0, 0.05) is 6.20 Å². The lowest BCUT2D eigenvalue weighted by molar-refractivity contribution is -0.238. The zero-order valence-corrected chi connectivity index (χ0v) is 19.2. The molecule has 5 heterocycles. The van der Waals surface area contributed by atoms with E-state index in [1.165, 1.54) is 6.92 Å². The first-order valence-electron chi connectivity index (χ1n) is 11.8. The normalized spacial score (nSPS) is 54.7. The summed E-state index contributed by atoms with van der Waals surface area (Å²) in [6.45, 7) is 5.12. The second kappa shape index (κ2) is 6.20. The number of hydrogen-bond acceptors (Lipinski definition) is 11. The molecule has 12 atom stereocenters. The number of aliphatic hydroxyl groups excluding tert-OH is 1. The van der Waals surface area contributed by atoms with Crippen LogP contribution < -0.4 is 0 Å². The van der Waals surface area contributed by atoms with E-state index in [2.05, 4.69) is 4.98 Å². The molecule has 2 spiro atoms. The van der Waals surface area contributed by atoms with Crippen molar-refractivity contribution in [3.05, 3.63) is 30.1 Å². The maximum atomic E-state index is 13.7. The van der Waals surface area contributed by atoms with Gasteiger partial charge in [0.1, 0.15) is 12.2 Å². The molecule has 0 bridgehead atoms. The van der Waals surface area contributed by atoms with E-state index in [0.29, 0.717) is 5.69 Å². The molecule has 2 saturated carbocycles. The number of esters is 3. The topological polar surface area (TPSA) is 151 Å². The standard InChI is InChI=1S/C24H25NO10/c1-9-10(2)21-16(31-8-12-6-4-5-7-25-12)18(28)34-20(21)35-24-19(29)33-14(9)22(21,24)13(26)15-23(24,30)11(3)17(27)32-15/h4-7,9-11,13-16,20,26,30H,8H2,1-3H3/t9-,10-,11-,13+,14?,15+,16+,20?,21?,22?,23-,24+/m1/s1. The van der Waals surface area contributed by atoms with Gasteiger partial charge in [-0.1, -0.05) is 19.9 Å². The summed E-state index contributed by atoms with van der Waals surface area (Å²) in [4.78, 5) is 43.7. The van der Waals surface area contributed by atoms with Crippen molar-refractivity contribution >= 4 is 17.9 Å². The first-order valence-corrected chi connectivity index (χ1v) is 11.8. The Morgan fingerprint density at radius 1 is 1.06 bits per heavy atom. The van der Waals surface area contributed by atoms with Gasteiger partial charge in [0.25, 0.3) is 0 Å². The summed E-state index contributed by atoms with van der Waals surface area (Å²) in [6.07, 6.45) is -4.91. The number of fused-ring (bicyclic) bond motifs is 1. The third-order valence-electron chi connectivity index (χ3n) is 9.97. The van der Waals surface area contributed by atoms with E-state index in [0.717, 1.165) is 0 Å². The van der Waals surface area contributed by atoms with Crippen molar-refractivity contribution in [2.45, 2.75) is 69.3 Å². The molecular formula is C24H25NO10. The molecule has 4 aliphatic heterocycles. The number of nitrogens with zero attached hydrogens (tertiary/aromatic N) is 1. The summed E-state index contributed by atoms with van der Waals surface area (Å²) in [5.41, 5.74) is -6.90. The molecule has 11 nitrogen and oxygen atoms in total. The SMILES string of the molecule is C[C@@H]1[C@@H](C)C2OC(=O)[C@]34OC5OC(=O)[C@H](OCc6ccccn6)C51C23[C@@H](O)[C@@H]1OC(=O)[C@@H](C)[C@@]14O. The zero-order valence-electron chi connectivity index (χ0n) is 19.2. The maximum absolute atomic E-state index is 13.7. The number of hydrogen-bond donors (Lipinski definition) is 2. The molecule has 0 amide bonds. The van der Waals surface area contributed by atoms with E-state index in [4.69, 9.17) is 23.7 Å². The maximum Gasteiger partial charge on any atom is 0.343 e. The summed E-state index contributed by atoms with van der Waals surface area (Å²) in [7, 11) is 0. The molecule has 6 fully saturated rings. The van der Waals surface area contributed by atoms with Crippen LogP contribution in [0.4, 0.5) is 0 Å². The van der Waals surface area contributed by atoms with Crippen molar-refractivity contribution in [3.8, 4) is 0 Å². The van der Waals surface area contributed by atoms with Gasteiger partial charge < -0.3 is 33.9 Å². The van der Waals surface area contributed by atoms with Crippen LogP contribution in [0.5, 0.6) is 0 Å². The number of pyridine rings is 1. The number of ether oxygens (including phenoxy) is 5. The lowest BCUT2D eigenvalue weighted by Crippen LogP contribution is -2.67. The van der Waals surface area contributed by atoms with E-state index in [1.54, 1.807) is 24.4 Å². The van der Waals surface area contributed by atoms with Crippen LogP contribution in [0.15, 0.2) is 24.4 Å². The highest BCUT2D eigenvalue weighted by Crippen LogP contribution is 2.84. The third kappa shape index (κ3) is 1.81. The monoisotopic (exact) mass is 487 g/mol. The first kappa shape index (κ1) is 21.7. The minimum Gasteiger partial charge on any atom is -0.459 e. The van der Waals surface area contributed by atoms with Gasteiger partial charge in [-0.2, -0.15) is 0 Å². The van der Waals surface area contributed by atoms with Gasteiger partial charge in [0.15, 0.2) is 17.8 Å². The molecule has 186 valence electrons. The van der Waals surface area contributed by atoms with Crippen LogP contribution in [0.3, 0.4) is 0 Å². The van der Waals surface area contributed by atoms with Gasteiger partial charge in [0.2, 0.25) is 11.9 Å². The first-order chi connectivity index (χ1) is 16.6. The minimum atomic E-state index is -2.23. The van der Waals surface area contributed by atoms with Crippen LogP contribution in [-0.4, -0.2) is 75.0 Å². The van der Waals surface area contributed by atoms with Gasteiger partial charge in [-0.15, -0.1) is 0 Å². The van der Waals surface area contributed by atoms with E-state index in [-0.39, 0.29) is 12.5 Å². The Bertz CT molecular complexity index is 1180. The van der Waals surface area contributed by atoms with E-state index < -0.39 is 82.5 Å². The molecule has 0 aromatic carbocycles. The van der Waals surface area contributed by atoms with Crippen molar-refractivity contribution in [2.75, 3.05) is 0 Å². The van der Waals surface area contributed by atoms with E-state index >= 15 is 0 Å². The highest BCUT2D eigenvalue weighted by molar-refractivity contribution is 5.94. The Labute approximate surface area is 199 Å². The largest absolute Gasteiger partial charge is 0.459 e. The molecule has 6 aliphatic rings. The van der Waals surface area contributed by atoms with Crippen molar-refractivity contribution in [1.29, 1.82) is 0 Å². The summed E-state index contributed by atoms with van der Waals surface area (Å²) in [6, 6.07) is 5.28. The van der Waals surface area contributed by atoms with Crippen LogP contribution in [0, 0.1) is 28.6 Å². The summed E-state index contributed by atoms with van der Waals surface area (Å²) in [5, 5.41) is 24.0. The van der Waals surface area contributed by atoms with Crippen molar-refractivity contribution in [1.82, 2.24) is 4.98 Å². The lowest BCUT2D eigenvalue weighted by atomic mass is 9.54. The van der Waals surface area contributed by atoms with Crippen LogP contribution >= 0.6 is 0 Å². The minimum absolute atomic E-state index is 0.0338. The summed E-state index contributed by atoms with van der Waals surface area (Å²) >= 11 is 0. The lowest BCUT2D eigenvalue weighted by Gasteiger charge is -2.45. The fraction of sp³-hybridized carbons (Fsp3) is 0.667. The molecule has 7 rings (SSSR count). The molecule has 2 N–H and O–H groups in total. The van der Waals surface area contributed by atoms with Crippen molar-refractivity contribution in [2.24, 2.45) is 28.6 Å². The quantitative estimate of drug-likeness (QED) is 0.418. The van der Waals surface area contributed by atoms with Crippen LogP contribution in [0.1, 0.15) is 26.5 Å². The van der Waals surface area contributed by atoms with Crippen LogP contribution in [0.25, 0.3) is 0 Å². The van der Waals surface area contributed by atoms with Crippen molar-refractivity contribution in [3.63, 3.8) is 0 Å². The Morgan fingerprint density at radius 2 is 1.83 bits per heavy atom. The number of rotatable bonds is 3. The average Bonchev–Trinajstić information content (AvgIpc) is 3.53. The Balaban J connectivity index is 1.45. The average molecular weight is 487 g/mol. The summed E-state index contributed by atoms with van der Waals surface area (Å²) < 4.78 is 29.4. The molecule has 2 aliphatic carbocycles. The molecule has 4 unspecified atom stereocenters. The zero-order chi connectivity index (χ0) is 24.7. The Kier molecular flexibility index (Phi) is 3.84. The number of carbonyl (C=O) groups excluding carboxylic acids is 3. The number of carbonyl (C=O) groups is 3. The van der Waals surface area contributed by atoms with Crippen LogP contribution in [-0.2, 0) is 44.7 Å². The van der Waals surface area contributed by atoms with E-state index in [9.17, 15) is 24.6 Å². The molecule has 1 aromatic rings. The predicted octanol–water partition coefficient (Wildman–Crippen LogP) is -0.530. The van der Waals surface area contributed by atoms with Gasteiger partial charge in [-0.3, -0.25) is 9.78 Å². The Morgan fingerprint density at radius 3 is 2.54 bits per heavy atom. The third-order valence-corrected chi connectivity index (χ3v) is 9.97. The summed E-state index contributed by atoms with van der Waals surface area (Å²) in [5.74, 6) is -4.32. The van der Waals surface area contributed by atoms with Crippen molar-refractivity contribution < 1.29 is 48.3 Å². The van der Waals surface area contributed by atoms with Crippen LogP contribution in [0.2, 0.25) is 0 Å². The second-order valence-electron chi connectivity index (χ2n) is 10.7. The second-order valence-corrected chi connectivity index (χ2v) is 10.7. The molecule has 0 radical (unpaired) electrons. The molecule has 11 heteroatoms. The van der Waals surface area contributed by atoms with E-state index in [1.807, 2.05) is 13.8 Å². The number of aromatic nitrogens is 1. The molecule has 35 heavy (non-hydrogen) atoms. The number of aliphatic hydroxyl groups is 2. The smallest absolute Gasteiger partial charge is 0.343 e.